The van der Waals surface area contributed by atoms with E-state index in [1.165, 1.54) is 12.7 Å². The fourth-order valence-corrected chi connectivity index (χ4v) is 3.61. The summed E-state index contributed by atoms with van der Waals surface area (Å²) in [7, 11) is 1.54. The summed E-state index contributed by atoms with van der Waals surface area (Å²) in [5.41, 5.74) is 3.52. The molecule has 2 aromatic carbocycles. The van der Waals surface area contributed by atoms with E-state index in [4.69, 9.17) is 14.2 Å². The summed E-state index contributed by atoms with van der Waals surface area (Å²) in [6.07, 6.45) is 2.92. The fraction of sp³-hybridized carbons (Fsp3) is 0.211. The standard InChI is InChI=1S/C19H15NO4/c1-22-19-14-9-20-5-4-12-7-17-18(24-10-23-17)8-13(12)15(20)6-11(14)2-3-16(19)21/h2-3,6-9H,4-5,10H2,1H3. The Morgan fingerprint density at radius 1 is 1.12 bits per heavy atom. The zero-order chi connectivity index (χ0) is 16.3. The highest BCUT2D eigenvalue weighted by molar-refractivity contribution is 5.91. The van der Waals surface area contributed by atoms with Crippen molar-refractivity contribution in [3.05, 3.63) is 42.1 Å². The lowest BCUT2D eigenvalue weighted by Crippen LogP contribution is -2.40. The minimum Gasteiger partial charge on any atom is -0.870 e. The van der Waals surface area contributed by atoms with Crippen LogP contribution in [0.15, 0.2) is 36.5 Å². The number of nitrogens with zero attached hydrogens (tertiary/aromatic N) is 1. The molecule has 3 heterocycles. The van der Waals surface area contributed by atoms with Crippen molar-refractivity contribution in [3.8, 4) is 34.3 Å². The quantitative estimate of drug-likeness (QED) is 0.645. The summed E-state index contributed by atoms with van der Waals surface area (Å²) in [6, 6.07) is 9.64. The second kappa shape index (κ2) is 4.77. The van der Waals surface area contributed by atoms with Crippen molar-refractivity contribution >= 4 is 10.8 Å². The molecule has 0 spiro atoms. The molecule has 5 rings (SSSR count). The fourth-order valence-electron chi connectivity index (χ4n) is 3.61. The molecule has 2 aliphatic rings. The molecule has 1 aromatic heterocycles. The highest BCUT2D eigenvalue weighted by atomic mass is 16.7. The molecule has 2 aliphatic heterocycles. The Morgan fingerprint density at radius 2 is 1.96 bits per heavy atom. The number of pyridine rings is 1. The van der Waals surface area contributed by atoms with Crippen LogP contribution in [-0.4, -0.2) is 13.9 Å². The maximum Gasteiger partial charge on any atom is 0.231 e. The Labute approximate surface area is 138 Å². The van der Waals surface area contributed by atoms with Gasteiger partial charge in [-0.15, -0.1) is 0 Å². The number of benzene rings is 2. The van der Waals surface area contributed by atoms with Gasteiger partial charge in [0, 0.05) is 12.5 Å². The van der Waals surface area contributed by atoms with Crippen molar-refractivity contribution in [2.75, 3.05) is 13.9 Å². The first-order valence-electron chi connectivity index (χ1n) is 7.89. The molecule has 0 unspecified atom stereocenters. The second-order valence-electron chi connectivity index (χ2n) is 6.06. The first-order chi connectivity index (χ1) is 11.7. The van der Waals surface area contributed by atoms with Crippen LogP contribution in [0.3, 0.4) is 0 Å². The van der Waals surface area contributed by atoms with Crippen LogP contribution in [0.25, 0.3) is 22.0 Å². The molecular formula is C19H15NO4. The summed E-state index contributed by atoms with van der Waals surface area (Å²) in [6.45, 7) is 1.13. The van der Waals surface area contributed by atoms with Gasteiger partial charge in [-0.25, -0.2) is 0 Å². The minimum atomic E-state index is -0.0925. The van der Waals surface area contributed by atoms with E-state index in [0.29, 0.717) is 5.75 Å². The predicted octanol–water partition coefficient (Wildman–Crippen LogP) is 2.16. The summed E-state index contributed by atoms with van der Waals surface area (Å²) >= 11 is 0. The minimum absolute atomic E-state index is 0.0925. The van der Waals surface area contributed by atoms with Crippen molar-refractivity contribution in [2.45, 2.75) is 13.0 Å². The van der Waals surface area contributed by atoms with Gasteiger partial charge >= 0.3 is 0 Å². The largest absolute Gasteiger partial charge is 0.870 e. The SMILES string of the molecule is COc1c([O-])ccc2cc3[n+](cc12)CCc1cc2c(cc1-3)OCO2. The molecule has 0 saturated heterocycles. The Kier molecular flexibility index (Phi) is 2.68. The molecule has 0 N–H and O–H groups in total. The van der Waals surface area contributed by atoms with E-state index >= 15 is 0 Å². The molecule has 120 valence electrons. The zero-order valence-corrected chi connectivity index (χ0v) is 13.2. The van der Waals surface area contributed by atoms with Gasteiger partial charge in [-0.3, -0.25) is 0 Å². The topological polar surface area (TPSA) is 54.6 Å². The van der Waals surface area contributed by atoms with Crippen molar-refractivity contribution in [3.63, 3.8) is 0 Å². The third kappa shape index (κ3) is 1.78. The van der Waals surface area contributed by atoms with Gasteiger partial charge in [-0.1, -0.05) is 17.9 Å². The van der Waals surface area contributed by atoms with E-state index in [9.17, 15) is 5.11 Å². The van der Waals surface area contributed by atoms with E-state index in [1.807, 2.05) is 18.3 Å². The number of aryl methyl sites for hydroxylation is 2. The Balaban J connectivity index is 1.77. The maximum atomic E-state index is 12.0. The number of rotatable bonds is 1. The molecule has 0 bridgehead atoms. The van der Waals surface area contributed by atoms with Gasteiger partial charge in [0.05, 0.1) is 18.1 Å². The van der Waals surface area contributed by atoms with Gasteiger partial charge in [0.15, 0.2) is 24.2 Å². The molecule has 3 aromatic rings. The number of hydrogen-bond donors (Lipinski definition) is 0. The van der Waals surface area contributed by atoms with Gasteiger partial charge in [0.25, 0.3) is 0 Å². The van der Waals surface area contributed by atoms with Gasteiger partial charge in [-0.05, 0) is 23.1 Å². The lowest BCUT2D eigenvalue weighted by Gasteiger charge is -2.18. The smallest absolute Gasteiger partial charge is 0.231 e. The van der Waals surface area contributed by atoms with Gasteiger partial charge in [0.2, 0.25) is 12.5 Å². The molecule has 24 heavy (non-hydrogen) atoms. The van der Waals surface area contributed by atoms with E-state index in [0.717, 1.165) is 46.5 Å². The van der Waals surface area contributed by atoms with E-state index < -0.39 is 0 Å². The summed E-state index contributed by atoms with van der Waals surface area (Å²) < 4.78 is 18.5. The number of fused-ring (bicyclic) bond motifs is 5. The Hall–Kier alpha value is -2.95. The van der Waals surface area contributed by atoms with Crippen LogP contribution in [0.5, 0.6) is 23.0 Å². The van der Waals surface area contributed by atoms with Crippen LogP contribution in [-0.2, 0) is 13.0 Å². The molecule has 0 aliphatic carbocycles. The molecule has 0 saturated carbocycles. The first kappa shape index (κ1) is 13.5. The second-order valence-corrected chi connectivity index (χ2v) is 6.06. The van der Waals surface area contributed by atoms with E-state index in [1.54, 1.807) is 6.07 Å². The summed E-state index contributed by atoms with van der Waals surface area (Å²) in [5.74, 6) is 1.92. The zero-order valence-electron chi connectivity index (χ0n) is 13.2. The van der Waals surface area contributed by atoms with Crippen LogP contribution in [0.4, 0.5) is 0 Å². The van der Waals surface area contributed by atoms with Gasteiger partial charge in [0.1, 0.15) is 5.75 Å². The van der Waals surface area contributed by atoms with Crippen LogP contribution in [0.1, 0.15) is 5.56 Å². The molecule has 0 amide bonds. The summed E-state index contributed by atoms with van der Waals surface area (Å²) in [4.78, 5) is 0. The third-order valence-corrected chi connectivity index (χ3v) is 4.78. The van der Waals surface area contributed by atoms with E-state index in [2.05, 4.69) is 16.7 Å². The Morgan fingerprint density at radius 3 is 2.79 bits per heavy atom. The molecule has 0 radical (unpaired) electrons. The van der Waals surface area contributed by atoms with E-state index in [-0.39, 0.29) is 12.5 Å². The van der Waals surface area contributed by atoms with Crippen LogP contribution in [0, 0.1) is 0 Å². The normalized spacial score (nSPS) is 14.4. The lowest BCUT2D eigenvalue weighted by atomic mass is 9.95. The third-order valence-electron chi connectivity index (χ3n) is 4.78. The van der Waals surface area contributed by atoms with Gasteiger partial charge in [-0.2, -0.15) is 4.57 Å². The van der Waals surface area contributed by atoms with Crippen molar-refractivity contribution in [1.29, 1.82) is 0 Å². The molecule has 0 atom stereocenters. The average molecular weight is 321 g/mol. The average Bonchev–Trinajstić information content (AvgIpc) is 3.05. The van der Waals surface area contributed by atoms with Crippen LogP contribution < -0.4 is 23.9 Å². The van der Waals surface area contributed by atoms with Crippen molar-refractivity contribution in [1.82, 2.24) is 0 Å². The maximum absolute atomic E-state index is 12.0. The van der Waals surface area contributed by atoms with Crippen LogP contribution >= 0.6 is 0 Å². The monoisotopic (exact) mass is 321 g/mol. The highest BCUT2D eigenvalue weighted by Gasteiger charge is 2.28. The van der Waals surface area contributed by atoms with Crippen molar-refractivity contribution in [2.24, 2.45) is 0 Å². The van der Waals surface area contributed by atoms with Gasteiger partial charge < -0.3 is 19.3 Å². The Bertz CT molecular complexity index is 997. The first-order valence-corrected chi connectivity index (χ1v) is 7.89. The lowest BCUT2D eigenvalue weighted by molar-refractivity contribution is -0.686. The van der Waals surface area contributed by atoms with Crippen LogP contribution in [0.2, 0.25) is 0 Å². The number of aromatic nitrogens is 1. The van der Waals surface area contributed by atoms with Crippen molar-refractivity contribution < 1.29 is 23.9 Å². The molecule has 5 nitrogen and oxygen atoms in total. The number of methoxy groups -OCH3 is 1. The highest BCUT2D eigenvalue weighted by Crippen LogP contribution is 2.41. The number of ether oxygens (including phenoxy) is 3. The molecular weight excluding hydrogens is 306 g/mol. The molecule has 0 fully saturated rings. The molecule has 5 heteroatoms. The predicted molar refractivity (Wildman–Crippen MR) is 85.4 cm³/mol. The summed E-state index contributed by atoms with van der Waals surface area (Å²) in [5, 5.41) is 13.8. The number of hydrogen-bond acceptors (Lipinski definition) is 4.